The molecule has 1 aromatic carbocycles. The zero-order valence-electron chi connectivity index (χ0n) is 15.4. The van der Waals surface area contributed by atoms with Gasteiger partial charge in [0.05, 0.1) is 17.6 Å². The molecule has 0 fully saturated rings. The normalized spacial score (nSPS) is 11.6. The lowest BCUT2D eigenvalue weighted by molar-refractivity contribution is 0.0941. The maximum absolute atomic E-state index is 12.6. The Labute approximate surface area is 150 Å². The van der Waals surface area contributed by atoms with Gasteiger partial charge in [-0.3, -0.25) is 4.79 Å². The fourth-order valence-corrected chi connectivity index (χ4v) is 3.84. The van der Waals surface area contributed by atoms with Crippen LogP contribution in [0.15, 0.2) is 23.1 Å². The van der Waals surface area contributed by atoms with Crippen molar-refractivity contribution < 1.29 is 22.7 Å². The standard InChI is InChI=1S/C17H28N2O5S/c1-5-19(6-2)25(21,22)14-9-10-16(23-4)15(13-14)17(20)18-11-8-12-24-7-3/h9-10,13H,5-8,11-12H2,1-4H3,(H,18,20). The maximum Gasteiger partial charge on any atom is 0.255 e. The summed E-state index contributed by atoms with van der Waals surface area (Å²) in [6, 6.07) is 4.33. The minimum Gasteiger partial charge on any atom is -0.496 e. The smallest absolute Gasteiger partial charge is 0.255 e. The summed E-state index contributed by atoms with van der Waals surface area (Å²) in [6.07, 6.45) is 0.680. The van der Waals surface area contributed by atoms with E-state index in [2.05, 4.69) is 5.32 Å². The van der Waals surface area contributed by atoms with Gasteiger partial charge in [-0.1, -0.05) is 13.8 Å². The lowest BCUT2D eigenvalue weighted by atomic mass is 10.2. The second kappa shape index (κ2) is 10.4. The summed E-state index contributed by atoms with van der Waals surface area (Å²) < 4.78 is 37.0. The van der Waals surface area contributed by atoms with E-state index in [0.29, 0.717) is 45.0 Å². The summed E-state index contributed by atoms with van der Waals surface area (Å²) in [5.41, 5.74) is 0.201. The molecule has 0 saturated heterocycles. The molecule has 0 aliphatic heterocycles. The average Bonchev–Trinajstić information content (AvgIpc) is 2.61. The molecular weight excluding hydrogens is 344 g/mol. The number of hydrogen-bond donors (Lipinski definition) is 1. The third kappa shape index (κ3) is 5.69. The Balaban J connectivity index is 3.01. The van der Waals surface area contributed by atoms with Crippen molar-refractivity contribution in [2.45, 2.75) is 32.1 Å². The van der Waals surface area contributed by atoms with E-state index in [1.54, 1.807) is 13.8 Å². The van der Waals surface area contributed by atoms with Gasteiger partial charge in [0, 0.05) is 32.8 Å². The zero-order valence-corrected chi connectivity index (χ0v) is 16.2. The Kier molecular flexibility index (Phi) is 8.88. The summed E-state index contributed by atoms with van der Waals surface area (Å²) in [4.78, 5) is 12.5. The van der Waals surface area contributed by atoms with Gasteiger partial charge in [0.25, 0.3) is 5.91 Å². The Morgan fingerprint density at radius 1 is 1.20 bits per heavy atom. The van der Waals surface area contributed by atoms with Gasteiger partial charge in [-0.05, 0) is 31.5 Å². The minimum absolute atomic E-state index is 0.0801. The number of hydrogen-bond acceptors (Lipinski definition) is 5. The molecule has 0 spiro atoms. The molecular formula is C17H28N2O5S. The number of nitrogens with zero attached hydrogens (tertiary/aromatic N) is 1. The van der Waals surface area contributed by atoms with Crippen LogP contribution in [0.5, 0.6) is 5.75 Å². The molecule has 0 aliphatic rings. The quantitative estimate of drug-likeness (QED) is 0.600. The molecule has 0 atom stereocenters. The summed E-state index contributed by atoms with van der Waals surface area (Å²) in [5.74, 6) is -0.0363. The molecule has 1 aromatic rings. The molecule has 142 valence electrons. The predicted octanol–water partition coefficient (Wildman–Crippen LogP) is 1.88. The number of methoxy groups -OCH3 is 1. The first-order valence-corrected chi connectivity index (χ1v) is 9.90. The molecule has 8 heteroatoms. The Morgan fingerprint density at radius 3 is 2.44 bits per heavy atom. The summed E-state index contributed by atoms with van der Waals surface area (Å²) in [6.45, 7) is 7.82. The number of amides is 1. The summed E-state index contributed by atoms with van der Waals surface area (Å²) >= 11 is 0. The first kappa shape index (κ1) is 21.4. The monoisotopic (exact) mass is 372 g/mol. The van der Waals surface area contributed by atoms with E-state index in [1.165, 1.54) is 29.6 Å². The van der Waals surface area contributed by atoms with E-state index in [1.807, 2.05) is 6.92 Å². The van der Waals surface area contributed by atoms with Gasteiger partial charge in [0.1, 0.15) is 5.75 Å². The third-order valence-electron chi connectivity index (χ3n) is 3.71. The fraction of sp³-hybridized carbons (Fsp3) is 0.588. The number of carbonyl (C=O) groups is 1. The second-order valence-electron chi connectivity index (χ2n) is 5.26. The molecule has 0 bridgehead atoms. The van der Waals surface area contributed by atoms with Crippen LogP contribution in [0, 0.1) is 0 Å². The van der Waals surface area contributed by atoms with E-state index in [-0.39, 0.29) is 16.4 Å². The van der Waals surface area contributed by atoms with Crippen molar-refractivity contribution in [1.29, 1.82) is 0 Å². The van der Waals surface area contributed by atoms with Crippen molar-refractivity contribution in [2.75, 3.05) is 40.0 Å². The molecule has 1 amide bonds. The number of carbonyl (C=O) groups excluding carboxylic acids is 1. The highest BCUT2D eigenvalue weighted by molar-refractivity contribution is 7.89. The van der Waals surface area contributed by atoms with Gasteiger partial charge in [-0.15, -0.1) is 0 Å². The van der Waals surface area contributed by atoms with Crippen LogP contribution in [0.2, 0.25) is 0 Å². The highest BCUT2D eigenvalue weighted by atomic mass is 32.2. The van der Waals surface area contributed by atoms with Crippen molar-refractivity contribution in [3.8, 4) is 5.75 Å². The van der Waals surface area contributed by atoms with Crippen LogP contribution in [0.3, 0.4) is 0 Å². The molecule has 0 unspecified atom stereocenters. The van der Waals surface area contributed by atoms with Gasteiger partial charge in [-0.2, -0.15) is 4.31 Å². The predicted molar refractivity (Wildman–Crippen MR) is 96.5 cm³/mol. The zero-order chi connectivity index (χ0) is 18.9. The molecule has 7 nitrogen and oxygen atoms in total. The van der Waals surface area contributed by atoms with E-state index in [4.69, 9.17) is 9.47 Å². The van der Waals surface area contributed by atoms with Crippen LogP contribution in [0.1, 0.15) is 37.6 Å². The maximum atomic E-state index is 12.6. The van der Waals surface area contributed by atoms with Crippen molar-refractivity contribution >= 4 is 15.9 Å². The largest absolute Gasteiger partial charge is 0.496 e. The van der Waals surface area contributed by atoms with Gasteiger partial charge < -0.3 is 14.8 Å². The number of benzene rings is 1. The molecule has 0 aromatic heterocycles. The number of rotatable bonds is 11. The molecule has 0 aliphatic carbocycles. The first-order chi connectivity index (χ1) is 11.9. The molecule has 0 heterocycles. The number of sulfonamides is 1. The van der Waals surface area contributed by atoms with Crippen LogP contribution >= 0.6 is 0 Å². The SMILES string of the molecule is CCOCCCNC(=O)c1cc(S(=O)(=O)N(CC)CC)ccc1OC. The summed E-state index contributed by atoms with van der Waals surface area (Å²) in [5, 5.41) is 2.76. The van der Waals surface area contributed by atoms with Crippen molar-refractivity contribution in [3.63, 3.8) is 0 Å². The molecule has 0 radical (unpaired) electrons. The van der Waals surface area contributed by atoms with E-state index < -0.39 is 10.0 Å². The Morgan fingerprint density at radius 2 is 1.88 bits per heavy atom. The fourth-order valence-electron chi connectivity index (χ4n) is 2.35. The van der Waals surface area contributed by atoms with Crippen molar-refractivity contribution in [3.05, 3.63) is 23.8 Å². The first-order valence-electron chi connectivity index (χ1n) is 8.46. The number of nitrogens with one attached hydrogen (secondary N) is 1. The van der Waals surface area contributed by atoms with Gasteiger partial charge in [-0.25, -0.2) is 8.42 Å². The highest BCUT2D eigenvalue weighted by Crippen LogP contribution is 2.24. The topological polar surface area (TPSA) is 84.9 Å². The molecule has 1 N–H and O–H groups in total. The molecule has 25 heavy (non-hydrogen) atoms. The van der Waals surface area contributed by atoms with Crippen LogP contribution < -0.4 is 10.1 Å². The highest BCUT2D eigenvalue weighted by Gasteiger charge is 2.24. The second-order valence-corrected chi connectivity index (χ2v) is 7.20. The Bertz CT molecular complexity index is 657. The van der Waals surface area contributed by atoms with E-state index >= 15 is 0 Å². The lowest BCUT2D eigenvalue weighted by Crippen LogP contribution is -2.31. The van der Waals surface area contributed by atoms with Crippen LogP contribution in [0.25, 0.3) is 0 Å². The minimum atomic E-state index is -3.64. The van der Waals surface area contributed by atoms with Crippen LogP contribution in [-0.2, 0) is 14.8 Å². The Hall–Kier alpha value is -1.64. The van der Waals surface area contributed by atoms with Crippen LogP contribution in [-0.4, -0.2) is 58.6 Å². The third-order valence-corrected chi connectivity index (χ3v) is 5.76. The van der Waals surface area contributed by atoms with Crippen LogP contribution in [0.4, 0.5) is 0 Å². The van der Waals surface area contributed by atoms with E-state index in [0.717, 1.165) is 0 Å². The van der Waals surface area contributed by atoms with Gasteiger partial charge in [0.15, 0.2) is 0 Å². The van der Waals surface area contributed by atoms with Gasteiger partial charge in [0.2, 0.25) is 10.0 Å². The van der Waals surface area contributed by atoms with E-state index in [9.17, 15) is 13.2 Å². The molecule has 0 saturated carbocycles. The summed E-state index contributed by atoms with van der Waals surface area (Å²) in [7, 11) is -2.19. The van der Waals surface area contributed by atoms with Crippen molar-refractivity contribution in [2.24, 2.45) is 0 Å². The number of ether oxygens (including phenoxy) is 2. The lowest BCUT2D eigenvalue weighted by Gasteiger charge is -2.19. The van der Waals surface area contributed by atoms with Gasteiger partial charge >= 0.3 is 0 Å². The van der Waals surface area contributed by atoms with Crippen molar-refractivity contribution in [1.82, 2.24) is 9.62 Å². The molecule has 1 rings (SSSR count). The average molecular weight is 372 g/mol.